The average Bonchev–Trinajstić information content (AvgIpc) is 2.65. The number of aromatic nitrogens is 1. The third kappa shape index (κ3) is 3.89. The normalized spacial score (nSPS) is 11.2. The van der Waals surface area contributed by atoms with Gasteiger partial charge in [-0.15, -0.1) is 0 Å². The second-order valence-electron chi connectivity index (χ2n) is 5.51. The number of hydrogen-bond acceptors (Lipinski definition) is 3. The summed E-state index contributed by atoms with van der Waals surface area (Å²) in [7, 11) is 0. The van der Waals surface area contributed by atoms with Crippen LogP contribution in [0, 0.1) is 23.0 Å². The molecule has 3 aromatic rings. The Labute approximate surface area is 160 Å². The number of alkyl halides is 3. The van der Waals surface area contributed by atoms with Crippen LogP contribution in [0.4, 0.5) is 22.0 Å². The topological polar surface area (TPSA) is 45.9 Å². The maximum absolute atomic E-state index is 14.5. The van der Waals surface area contributed by atoms with Gasteiger partial charge < -0.3 is 4.74 Å². The standard InChI is InChI=1S/C19H8ClF5N2O/c20-12-6-4-10(5-7-12)17-15(21)14(9-26)16(22)18(27-17)28-13-3-1-2-11(8-13)19(23,24)25/h1-8H. The van der Waals surface area contributed by atoms with Crippen molar-refractivity contribution in [3.05, 3.63) is 76.3 Å². The lowest BCUT2D eigenvalue weighted by molar-refractivity contribution is -0.137. The molecule has 0 unspecified atom stereocenters. The van der Waals surface area contributed by atoms with Gasteiger partial charge in [-0.05, 0) is 30.3 Å². The molecular weight excluding hydrogens is 403 g/mol. The highest BCUT2D eigenvalue weighted by atomic mass is 35.5. The molecule has 0 aliphatic carbocycles. The molecule has 0 radical (unpaired) electrons. The fourth-order valence-electron chi connectivity index (χ4n) is 2.33. The molecule has 0 spiro atoms. The van der Waals surface area contributed by atoms with E-state index in [1.807, 2.05) is 0 Å². The fraction of sp³-hybridized carbons (Fsp3) is 0.0526. The molecule has 0 N–H and O–H groups in total. The van der Waals surface area contributed by atoms with Crippen molar-refractivity contribution in [1.82, 2.24) is 4.98 Å². The molecule has 3 nitrogen and oxygen atoms in total. The monoisotopic (exact) mass is 410 g/mol. The summed E-state index contributed by atoms with van der Waals surface area (Å²) >= 11 is 5.77. The van der Waals surface area contributed by atoms with E-state index in [-0.39, 0.29) is 11.3 Å². The van der Waals surface area contributed by atoms with Gasteiger partial charge in [-0.2, -0.15) is 22.8 Å². The number of nitriles is 1. The zero-order chi connectivity index (χ0) is 20.5. The van der Waals surface area contributed by atoms with Gasteiger partial charge in [0.2, 0.25) is 5.82 Å². The summed E-state index contributed by atoms with van der Waals surface area (Å²) in [4.78, 5) is 3.72. The third-order valence-corrected chi connectivity index (χ3v) is 3.91. The van der Waals surface area contributed by atoms with Crippen LogP contribution in [-0.2, 0) is 6.18 Å². The van der Waals surface area contributed by atoms with Crippen molar-refractivity contribution in [1.29, 1.82) is 5.26 Å². The van der Waals surface area contributed by atoms with Crippen molar-refractivity contribution in [3.63, 3.8) is 0 Å². The summed E-state index contributed by atoms with van der Waals surface area (Å²) in [5.74, 6) is -3.85. The van der Waals surface area contributed by atoms with Gasteiger partial charge in [0, 0.05) is 10.6 Å². The first-order chi connectivity index (χ1) is 13.2. The molecule has 1 heterocycles. The molecule has 0 fully saturated rings. The van der Waals surface area contributed by atoms with E-state index in [2.05, 4.69) is 4.98 Å². The number of ether oxygens (including phenoxy) is 1. The van der Waals surface area contributed by atoms with Crippen molar-refractivity contribution in [2.24, 2.45) is 0 Å². The first kappa shape index (κ1) is 19.6. The van der Waals surface area contributed by atoms with E-state index in [0.29, 0.717) is 11.1 Å². The van der Waals surface area contributed by atoms with Gasteiger partial charge in [0.25, 0.3) is 5.88 Å². The molecule has 2 aromatic carbocycles. The Balaban J connectivity index is 2.10. The minimum atomic E-state index is -4.64. The van der Waals surface area contributed by atoms with Crippen LogP contribution in [0.2, 0.25) is 5.02 Å². The second kappa shape index (κ2) is 7.44. The summed E-state index contributed by atoms with van der Waals surface area (Å²) in [5.41, 5.74) is -2.23. The number of rotatable bonds is 3. The van der Waals surface area contributed by atoms with Gasteiger partial charge in [-0.1, -0.05) is 29.8 Å². The highest BCUT2D eigenvalue weighted by molar-refractivity contribution is 6.30. The van der Waals surface area contributed by atoms with Gasteiger partial charge in [0.05, 0.1) is 5.56 Å². The third-order valence-electron chi connectivity index (χ3n) is 3.65. The highest BCUT2D eigenvalue weighted by Crippen LogP contribution is 2.35. The zero-order valence-electron chi connectivity index (χ0n) is 13.7. The van der Waals surface area contributed by atoms with Crippen molar-refractivity contribution < 1.29 is 26.7 Å². The van der Waals surface area contributed by atoms with Gasteiger partial charge >= 0.3 is 6.18 Å². The molecule has 0 atom stereocenters. The Morgan fingerprint density at radius 3 is 2.29 bits per heavy atom. The lowest BCUT2D eigenvalue weighted by Crippen LogP contribution is -2.05. The molecule has 1 aromatic heterocycles. The summed E-state index contributed by atoms with van der Waals surface area (Å²) < 4.78 is 72.5. The van der Waals surface area contributed by atoms with Crippen molar-refractivity contribution in [2.45, 2.75) is 6.18 Å². The first-order valence-corrected chi connectivity index (χ1v) is 7.98. The molecule has 3 rings (SSSR count). The Hall–Kier alpha value is -3.18. The van der Waals surface area contributed by atoms with Crippen LogP contribution in [0.15, 0.2) is 48.5 Å². The van der Waals surface area contributed by atoms with Gasteiger partial charge in [-0.25, -0.2) is 9.37 Å². The van der Waals surface area contributed by atoms with Crippen molar-refractivity contribution in [3.8, 4) is 29.0 Å². The molecule has 9 heteroatoms. The minimum Gasteiger partial charge on any atom is -0.436 e. The zero-order valence-corrected chi connectivity index (χ0v) is 14.4. The molecule has 0 aliphatic heterocycles. The van der Waals surface area contributed by atoms with E-state index in [9.17, 15) is 22.0 Å². The van der Waals surface area contributed by atoms with Crippen LogP contribution in [0.3, 0.4) is 0 Å². The summed E-state index contributed by atoms with van der Waals surface area (Å²) in [6.45, 7) is 0. The molecular formula is C19H8ClF5N2O. The smallest absolute Gasteiger partial charge is 0.416 e. The largest absolute Gasteiger partial charge is 0.436 e. The van der Waals surface area contributed by atoms with E-state index < -0.39 is 40.5 Å². The molecule has 142 valence electrons. The maximum Gasteiger partial charge on any atom is 0.416 e. The second-order valence-corrected chi connectivity index (χ2v) is 5.95. The Morgan fingerprint density at radius 1 is 1.00 bits per heavy atom. The number of pyridine rings is 1. The predicted octanol–water partition coefficient (Wildman–Crippen LogP) is 6.36. The Kier molecular flexibility index (Phi) is 5.21. The van der Waals surface area contributed by atoms with Crippen molar-refractivity contribution in [2.75, 3.05) is 0 Å². The van der Waals surface area contributed by atoms with E-state index in [1.54, 1.807) is 0 Å². The van der Waals surface area contributed by atoms with Crippen LogP contribution in [-0.4, -0.2) is 4.98 Å². The number of halogens is 6. The Bertz CT molecular complexity index is 1080. The van der Waals surface area contributed by atoms with Crippen molar-refractivity contribution >= 4 is 11.6 Å². The van der Waals surface area contributed by atoms with E-state index >= 15 is 0 Å². The van der Waals surface area contributed by atoms with Crippen LogP contribution >= 0.6 is 11.6 Å². The first-order valence-electron chi connectivity index (χ1n) is 7.61. The maximum atomic E-state index is 14.5. The fourth-order valence-corrected chi connectivity index (χ4v) is 2.46. The average molecular weight is 411 g/mol. The predicted molar refractivity (Wildman–Crippen MR) is 90.8 cm³/mol. The van der Waals surface area contributed by atoms with E-state index in [1.165, 1.54) is 30.3 Å². The minimum absolute atomic E-state index is 0.173. The van der Waals surface area contributed by atoms with E-state index in [0.717, 1.165) is 18.2 Å². The lowest BCUT2D eigenvalue weighted by Gasteiger charge is -2.12. The number of hydrogen-bond donors (Lipinski definition) is 0. The Morgan fingerprint density at radius 2 is 1.68 bits per heavy atom. The van der Waals surface area contributed by atoms with Gasteiger partial charge in [0.15, 0.2) is 5.82 Å². The van der Waals surface area contributed by atoms with Crippen LogP contribution in [0.5, 0.6) is 11.6 Å². The molecule has 28 heavy (non-hydrogen) atoms. The summed E-state index contributed by atoms with van der Waals surface area (Å²) in [6.07, 6.45) is -4.64. The highest BCUT2D eigenvalue weighted by Gasteiger charge is 2.31. The molecule has 0 saturated heterocycles. The van der Waals surface area contributed by atoms with E-state index in [4.69, 9.17) is 21.6 Å². The number of nitrogens with zero attached hydrogens (tertiary/aromatic N) is 2. The van der Waals surface area contributed by atoms with Crippen LogP contribution < -0.4 is 4.74 Å². The molecule has 0 aliphatic rings. The van der Waals surface area contributed by atoms with Crippen LogP contribution in [0.25, 0.3) is 11.3 Å². The molecule has 0 saturated carbocycles. The van der Waals surface area contributed by atoms with Gasteiger partial charge in [-0.3, -0.25) is 0 Å². The molecule has 0 bridgehead atoms. The summed E-state index contributed by atoms with van der Waals surface area (Å²) in [6, 6.07) is 10.7. The molecule has 0 amide bonds. The van der Waals surface area contributed by atoms with Gasteiger partial charge in [0.1, 0.15) is 23.1 Å². The lowest BCUT2D eigenvalue weighted by atomic mass is 10.1. The summed E-state index contributed by atoms with van der Waals surface area (Å²) in [5, 5.41) is 9.43. The van der Waals surface area contributed by atoms with Crippen LogP contribution in [0.1, 0.15) is 11.1 Å². The number of benzene rings is 2. The SMILES string of the molecule is N#Cc1c(F)c(Oc2cccc(C(F)(F)F)c2)nc(-c2ccc(Cl)cc2)c1F. The quantitative estimate of drug-likeness (QED) is 0.472.